The van der Waals surface area contributed by atoms with Crippen LogP contribution in [0.2, 0.25) is 0 Å². The number of carbonyl (C=O) groups is 2. The highest BCUT2D eigenvalue weighted by Gasteiger charge is 2.17. The van der Waals surface area contributed by atoms with Gasteiger partial charge in [-0.05, 0) is 39.4 Å². The van der Waals surface area contributed by atoms with Gasteiger partial charge in [0.05, 0.1) is 35.9 Å². The molecule has 0 aliphatic rings. The molecule has 0 spiro atoms. The number of benzene rings is 1. The molecule has 26 heavy (non-hydrogen) atoms. The van der Waals surface area contributed by atoms with E-state index >= 15 is 0 Å². The van der Waals surface area contributed by atoms with Crippen LogP contribution in [0, 0.1) is 13.8 Å². The number of likely N-dealkylation sites (N-methyl/N-ethyl adjacent to an activating group) is 2. The van der Waals surface area contributed by atoms with E-state index in [1.807, 2.05) is 62.7 Å². The highest BCUT2D eigenvalue weighted by molar-refractivity contribution is 5.93. The van der Waals surface area contributed by atoms with E-state index in [4.69, 9.17) is 0 Å². The fourth-order valence-corrected chi connectivity index (χ4v) is 2.76. The standard InChI is InChI=1S/C19H27N5O2/c1-5-20-17(25)12-23(6-2)13-18(26)21-19-14(3)22-24(15(19)4)16-10-8-7-9-11-16/h7-11H,5-6,12-13H2,1-4H3,(H,20,25)(H,21,26). The molecular weight excluding hydrogens is 330 g/mol. The minimum absolute atomic E-state index is 0.0774. The summed E-state index contributed by atoms with van der Waals surface area (Å²) < 4.78 is 1.82. The molecule has 0 aliphatic heterocycles. The summed E-state index contributed by atoms with van der Waals surface area (Å²) in [5.74, 6) is -0.235. The molecular formula is C19H27N5O2. The number of hydrogen-bond donors (Lipinski definition) is 2. The predicted octanol–water partition coefficient (Wildman–Crippen LogP) is 1.89. The lowest BCUT2D eigenvalue weighted by molar-refractivity contribution is -0.123. The van der Waals surface area contributed by atoms with Crippen LogP contribution in [0.4, 0.5) is 5.69 Å². The zero-order valence-electron chi connectivity index (χ0n) is 15.9. The molecule has 0 unspecified atom stereocenters. The first kappa shape index (κ1) is 19.7. The highest BCUT2D eigenvalue weighted by atomic mass is 16.2. The molecule has 1 aromatic carbocycles. The Kier molecular flexibility index (Phi) is 6.91. The minimum Gasteiger partial charge on any atom is -0.355 e. The second-order valence-corrected chi connectivity index (χ2v) is 6.10. The number of anilines is 1. The molecule has 0 saturated heterocycles. The van der Waals surface area contributed by atoms with Crippen LogP contribution >= 0.6 is 0 Å². The fourth-order valence-electron chi connectivity index (χ4n) is 2.76. The summed E-state index contributed by atoms with van der Waals surface area (Å²) in [5.41, 5.74) is 3.29. The molecule has 7 heteroatoms. The Balaban J connectivity index is 2.07. The Hall–Kier alpha value is -2.67. The molecule has 140 valence electrons. The monoisotopic (exact) mass is 357 g/mol. The lowest BCUT2D eigenvalue weighted by Crippen LogP contribution is -2.41. The summed E-state index contributed by atoms with van der Waals surface area (Å²) in [6.07, 6.45) is 0. The molecule has 1 heterocycles. The van der Waals surface area contributed by atoms with Crippen molar-refractivity contribution in [2.75, 3.05) is 31.5 Å². The Morgan fingerprint density at radius 3 is 2.35 bits per heavy atom. The van der Waals surface area contributed by atoms with E-state index < -0.39 is 0 Å². The highest BCUT2D eigenvalue weighted by Crippen LogP contribution is 2.22. The van der Waals surface area contributed by atoms with Gasteiger partial charge in [0.1, 0.15) is 0 Å². The van der Waals surface area contributed by atoms with Gasteiger partial charge >= 0.3 is 0 Å². The number of nitrogens with one attached hydrogen (secondary N) is 2. The second-order valence-electron chi connectivity index (χ2n) is 6.10. The number of aryl methyl sites for hydroxylation is 1. The Labute approximate surface area is 154 Å². The summed E-state index contributed by atoms with van der Waals surface area (Å²) >= 11 is 0. The third-order valence-electron chi connectivity index (χ3n) is 4.11. The van der Waals surface area contributed by atoms with Crippen LogP contribution in [-0.2, 0) is 9.59 Å². The number of rotatable bonds is 8. The maximum absolute atomic E-state index is 12.4. The third-order valence-corrected chi connectivity index (χ3v) is 4.11. The first-order valence-electron chi connectivity index (χ1n) is 8.86. The molecule has 0 saturated carbocycles. The van der Waals surface area contributed by atoms with Crippen molar-refractivity contribution in [3.05, 3.63) is 41.7 Å². The Morgan fingerprint density at radius 1 is 1.08 bits per heavy atom. The van der Waals surface area contributed by atoms with Gasteiger partial charge in [-0.1, -0.05) is 25.1 Å². The van der Waals surface area contributed by atoms with E-state index in [1.54, 1.807) is 4.90 Å². The van der Waals surface area contributed by atoms with Gasteiger partial charge < -0.3 is 10.6 Å². The van der Waals surface area contributed by atoms with Crippen LogP contribution in [-0.4, -0.2) is 52.7 Å². The maximum Gasteiger partial charge on any atom is 0.238 e. The topological polar surface area (TPSA) is 79.3 Å². The zero-order chi connectivity index (χ0) is 19.1. The van der Waals surface area contributed by atoms with Crippen LogP contribution in [0.15, 0.2) is 30.3 Å². The molecule has 7 nitrogen and oxygen atoms in total. The molecule has 0 bridgehead atoms. The van der Waals surface area contributed by atoms with Crippen molar-refractivity contribution in [3.8, 4) is 5.69 Å². The Morgan fingerprint density at radius 2 is 1.73 bits per heavy atom. The van der Waals surface area contributed by atoms with Gasteiger partial charge in [-0.3, -0.25) is 14.5 Å². The average Bonchev–Trinajstić information content (AvgIpc) is 2.90. The molecule has 2 amide bonds. The molecule has 0 radical (unpaired) electrons. The largest absolute Gasteiger partial charge is 0.355 e. The molecule has 2 aromatic rings. The van der Waals surface area contributed by atoms with E-state index in [0.29, 0.717) is 18.8 Å². The normalized spacial score (nSPS) is 10.8. The maximum atomic E-state index is 12.4. The van der Waals surface area contributed by atoms with Crippen LogP contribution < -0.4 is 10.6 Å². The van der Waals surface area contributed by atoms with Crippen molar-refractivity contribution in [2.24, 2.45) is 0 Å². The van der Waals surface area contributed by atoms with Crippen LogP contribution in [0.25, 0.3) is 5.69 Å². The Bertz CT molecular complexity index is 755. The lowest BCUT2D eigenvalue weighted by atomic mass is 10.3. The van der Waals surface area contributed by atoms with Crippen molar-refractivity contribution < 1.29 is 9.59 Å². The predicted molar refractivity (Wildman–Crippen MR) is 102 cm³/mol. The van der Waals surface area contributed by atoms with Crippen molar-refractivity contribution in [3.63, 3.8) is 0 Å². The summed E-state index contributed by atoms with van der Waals surface area (Å²) in [4.78, 5) is 26.0. The van der Waals surface area contributed by atoms with E-state index in [2.05, 4.69) is 15.7 Å². The first-order chi connectivity index (χ1) is 12.5. The van der Waals surface area contributed by atoms with Gasteiger partial charge in [-0.2, -0.15) is 5.10 Å². The zero-order valence-corrected chi connectivity index (χ0v) is 15.9. The van der Waals surface area contributed by atoms with Crippen molar-refractivity contribution in [1.29, 1.82) is 0 Å². The van der Waals surface area contributed by atoms with E-state index in [1.165, 1.54) is 0 Å². The van der Waals surface area contributed by atoms with Gasteiger partial charge in [0, 0.05) is 6.54 Å². The summed E-state index contributed by atoms with van der Waals surface area (Å²) in [7, 11) is 0. The number of para-hydroxylation sites is 1. The number of aromatic nitrogens is 2. The molecule has 2 rings (SSSR count). The quantitative estimate of drug-likeness (QED) is 0.756. The number of amides is 2. The smallest absolute Gasteiger partial charge is 0.238 e. The second kappa shape index (κ2) is 9.15. The van der Waals surface area contributed by atoms with E-state index in [9.17, 15) is 9.59 Å². The lowest BCUT2D eigenvalue weighted by Gasteiger charge is -2.19. The fraction of sp³-hybridized carbons (Fsp3) is 0.421. The minimum atomic E-state index is -0.157. The van der Waals surface area contributed by atoms with Gasteiger partial charge in [0.15, 0.2) is 0 Å². The SMILES string of the molecule is CCNC(=O)CN(CC)CC(=O)Nc1c(C)nn(-c2ccccc2)c1C. The summed E-state index contributed by atoms with van der Waals surface area (Å²) in [6, 6.07) is 9.79. The first-order valence-corrected chi connectivity index (χ1v) is 8.86. The molecule has 0 fully saturated rings. The van der Waals surface area contributed by atoms with Crippen LogP contribution in [0.5, 0.6) is 0 Å². The van der Waals surface area contributed by atoms with E-state index in [-0.39, 0.29) is 24.9 Å². The van der Waals surface area contributed by atoms with Gasteiger partial charge in [-0.25, -0.2) is 4.68 Å². The number of hydrogen-bond acceptors (Lipinski definition) is 4. The van der Waals surface area contributed by atoms with Crippen molar-refractivity contribution in [2.45, 2.75) is 27.7 Å². The van der Waals surface area contributed by atoms with Gasteiger partial charge in [0.25, 0.3) is 0 Å². The number of nitrogens with zero attached hydrogens (tertiary/aromatic N) is 3. The summed E-state index contributed by atoms with van der Waals surface area (Å²) in [6.45, 7) is 9.16. The van der Waals surface area contributed by atoms with Gasteiger partial charge in [0.2, 0.25) is 11.8 Å². The molecule has 0 aliphatic carbocycles. The van der Waals surface area contributed by atoms with E-state index in [0.717, 1.165) is 17.1 Å². The molecule has 0 atom stereocenters. The molecule has 1 aromatic heterocycles. The summed E-state index contributed by atoms with van der Waals surface area (Å²) in [5, 5.41) is 10.2. The molecule has 2 N–H and O–H groups in total. The average molecular weight is 357 g/mol. The van der Waals surface area contributed by atoms with Crippen LogP contribution in [0.3, 0.4) is 0 Å². The third kappa shape index (κ3) is 4.92. The van der Waals surface area contributed by atoms with Crippen LogP contribution in [0.1, 0.15) is 25.2 Å². The van der Waals surface area contributed by atoms with Crippen molar-refractivity contribution in [1.82, 2.24) is 20.0 Å². The van der Waals surface area contributed by atoms with Gasteiger partial charge in [-0.15, -0.1) is 0 Å². The number of carbonyl (C=O) groups excluding carboxylic acids is 2. The van der Waals surface area contributed by atoms with Crippen molar-refractivity contribution >= 4 is 17.5 Å².